The Morgan fingerprint density at radius 2 is 1.61 bits per heavy atom. The number of likely N-dealkylation sites (N-methyl/N-ethyl adjacent to an activating group) is 1. The predicted molar refractivity (Wildman–Crippen MR) is 126 cm³/mol. The summed E-state index contributed by atoms with van der Waals surface area (Å²) in [7, 11) is 1.72. The monoisotopic (exact) mass is 429 g/mol. The normalized spacial score (nSPS) is 15.6. The number of fused-ring (bicyclic) bond motifs is 1. The van der Waals surface area contributed by atoms with Crippen LogP contribution in [0.4, 0.5) is 5.69 Å². The third-order valence-electron chi connectivity index (χ3n) is 5.03. The predicted octanol–water partition coefficient (Wildman–Crippen LogP) is 4.13. The largest absolute Gasteiger partial charge is 0.326 e. The second-order valence-corrected chi connectivity index (χ2v) is 8.31. The van der Waals surface area contributed by atoms with Crippen LogP contribution in [0.15, 0.2) is 94.8 Å². The fourth-order valence-electron chi connectivity index (χ4n) is 3.45. The maximum absolute atomic E-state index is 13.1. The summed E-state index contributed by atoms with van der Waals surface area (Å²) in [5.41, 5.74) is 3.22. The van der Waals surface area contributed by atoms with E-state index in [1.54, 1.807) is 23.7 Å². The summed E-state index contributed by atoms with van der Waals surface area (Å²) in [5.74, 6) is 0.168. The van der Waals surface area contributed by atoms with Crippen molar-refractivity contribution in [3.63, 3.8) is 0 Å². The molecule has 0 aromatic heterocycles. The SMILES string of the molecule is CN1C(=O)C(NC(=O)CCSc2ccccc2)N=C(c2ccccc2)c2ccccc21. The first-order valence-corrected chi connectivity index (χ1v) is 11.1. The first-order valence-electron chi connectivity index (χ1n) is 10.1. The molecule has 1 N–H and O–H groups in total. The molecule has 1 heterocycles. The van der Waals surface area contributed by atoms with Crippen molar-refractivity contribution in [1.29, 1.82) is 0 Å². The van der Waals surface area contributed by atoms with Crippen LogP contribution >= 0.6 is 11.8 Å². The first-order chi connectivity index (χ1) is 15.1. The quantitative estimate of drug-likeness (QED) is 0.600. The van der Waals surface area contributed by atoms with E-state index in [0.717, 1.165) is 21.7 Å². The fraction of sp³-hybridized carbons (Fsp3) is 0.160. The lowest BCUT2D eigenvalue weighted by molar-refractivity contribution is -0.127. The molecule has 0 aliphatic carbocycles. The third-order valence-corrected chi connectivity index (χ3v) is 6.04. The van der Waals surface area contributed by atoms with Gasteiger partial charge in [0.2, 0.25) is 12.1 Å². The molecule has 1 unspecified atom stereocenters. The molecule has 4 rings (SSSR count). The van der Waals surface area contributed by atoms with Crippen LogP contribution < -0.4 is 10.2 Å². The second-order valence-electron chi connectivity index (χ2n) is 7.14. The van der Waals surface area contributed by atoms with E-state index in [2.05, 4.69) is 5.32 Å². The highest BCUT2D eigenvalue weighted by molar-refractivity contribution is 7.99. The van der Waals surface area contributed by atoms with E-state index in [9.17, 15) is 9.59 Å². The lowest BCUT2D eigenvalue weighted by atomic mass is 10.0. The van der Waals surface area contributed by atoms with Crippen molar-refractivity contribution in [2.75, 3.05) is 17.7 Å². The summed E-state index contributed by atoms with van der Waals surface area (Å²) in [4.78, 5) is 33.1. The van der Waals surface area contributed by atoms with Gasteiger partial charge in [-0.15, -0.1) is 11.8 Å². The Balaban J connectivity index is 1.55. The highest BCUT2D eigenvalue weighted by Crippen LogP contribution is 2.27. The molecule has 1 aliphatic heterocycles. The number of benzene rings is 3. The van der Waals surface area contributed by atoms with Crippen LogP contribution in [0.2, 0.25) is 0 Å². The van der Waals surface area contributed by atoms with Crippen LogP contribution in [0.1, 0.15) is 17.5 Å². The number of hydrogen-bond donors (Lipinski definition) is 1. The fourth-order valence-corrected chi connectivity index (χ4v) is 4.32. The lowest BCUT2D eigenvalue weighted by Gasteiger charge is -2.20. The summed E-state index contributed by atoms with van der Waals surface area (Å²) in [6.07, 6.45) is -0.669. The van der Waals surface area contributed by atoms with Gasteiger partial charge in [0.25, 0.3) is 5.91 Å². The number of thioether (sulfide) groups is 1. The number of aliphatic imine (C=N–C) groups is 1. The summed E-state index contributed by atoms with van der Waals surface area (Å²) in [5, 5.41) is 2.83. The first kappa shape index (κ1) is 20.9. The zero-order chi connectivity index (χ0) is 21.6. The topological polar surface area (TPSA) is 61.8 Å². The number of para-hydroxylation sites is 1. The molecular weight excluding hydrogens is 406 g/mol. The molecule has 0 bridgehead atoms. The Morgan fingerprint density at radius 1 is 0.968 bits per heavy atom. The molecule has 3 aromatic carbocycles. The average Bonchev–Trinajstić information content (AvgIpc) is 2.91. The number of nitrogens with zero attached hydrogens (tertiary/aromatic N) is 2. The Bertz CT molecular complexity index is 1100. The molecule has 156 valence electrons. The number of carbonyl (C=O) groups excluding carboxylic acids is 2. The van der Waals surface area contributed by atoms with Gasteiger partial charge in [0.05, 0.1) is 11.4 Å². The van der Waals surface area contributed by atoms with Gasteiger partial charge < -0.3 is 10.2 Å². The molecule has 0 radical (unpaired) electrons. The summed E-state index contributed by atoms with van der Waals surface area (Å²) >= 11 is 1.61. The summed E-state index contributed by atoms with van der Waals surface area (Å²) < 4.78 is 0. The van der Waals surface area contributed by atoms with E-state index >= 15 is 0 Å². The van der Waals surface area contributed by atoms with Gasteiger partial charge >= 0.3 is 0 Å². The van der Waals surface area contributed by atoms with Crippen molar-refractivity contribution in [3.05, 3.63) is 96.1 Å². The molecule has 0 spiro atoms. The van der Waals surface area contributed by atoms with Crippen LogP contribution in [0.3, 0.4) is 0 Å². The van der Waals surface area contributed by atoms with Crippen LogP contribution in [-0.4, -0.2) is 36.5 Å². The summed E-state index contributed by atoms with van der Waals surface area (Å²) in [6, 6.07) is 27.3. The minimum atomic E-state index is -0.971. The van der Waals surface area contributed by atoms with Crippen LogP contribution in [0.25, 0.3) is 0 Å². The van der Waals surface area contributed by atoms with Crippen molar-refractivity contribution >= 4 is 35.0 Å². The number of hydrogen-bond acceptors (Lipinski definition) is 4. The van der Waals surface area contributed by atoms with E-state index in [1.807, 2.05) is 84.9 Å². The molecular formula is C25H23N3O2S. The summed E-state index contributed by atoms with van der Waals surface area (Å²) in [6.45, 7) is 0. The van der Waals surface area contributed by atoms with Crippen LogP contribution in [-0.2, 0) is 9.59 Å². The Kier molecular flexibility index (Phi) is 6.48. The highest BCUT2D eigenvalue weighted by Gasteiger charge is 2.30. The average molecular weight is 430 g/mol. The number of amides is 2. The Morgan fingerprint density at radius 3 is 2.35 bits per heavy atom. The highest BCUT2D eigenvalue weighted by atomic mass is 32.2. The minimum Gasteiger partial charge on any atom is -0.326 e. The maximum Gasteiger partial charge on any atom is 0.272 e. The number of benzodiazepines with no additional fused rings is 1. The van der Waals surface area contributed by atoms with Gasteiger partial charge in [0.15, 0.2) is 0 Å². The molecule has 5 nitrogen and oxygen atoms in total. The van der Waals surface area contributed by atoms with Crippen molar-refractivity contribution in [1.82, 2.24) is 5.32 Å². The van der Waals surface area contributed by atoms with Gasteiger partial charge in [-0.1, -0.05) is 66.7 Å². The van der Waals surface area contributed by atoms with Gasteiger partial charge in [-0.25, -0.2) is 4.99 Å². The van der Waals surface area contributed by atoms with Gasteiger partial charge in [-0.2, -0.15) is 0 Å². The van der Waals surface area contributed by atoms with E-state index in [-0.39, 0.29) is 11.8 Å². The van der Waals surface area contributed by atoms with Crippen LogP contribution in [0.5, 0.6) is 0 Å². The lowest BCUT2D eigenvalue weighted by Crippen LogP contribution is -2.46. The molecule has 0 fully saturated rings. The third kappa shape index (κ3) is 4.86. The number of nitrogens with one attached hydrogen (secondary N) is 1. The minimum absolute atomic E-state index is 0.197. The van der Waals surface area contributed by atoms with Crippen molar-refractivity contribution in [2.24, 2.45) is 4.99 Å². The molecule has 6 heteroatoms. The van der Waals surface area contributed by atoms with Crippen molar-refractivity contribution in [3.8, 4) is 0 Å². The molecule has 1 atom stereocenters. The van der Waals surface area contributed by atoms with Crippen molar-refractivity contribution < 1.29 is 9.59 Å². The van der Waals surface area contributed by atoms with E-state index in [1.165, 1.54) is 0 Å². The molecule has 31 heavy (non-hydrogen) atoms. The molecule has 2 amide bonds. The van der Waals surface area contributed by atoms with Gasteiger partial charge in [-0.3, -0.25) is 9.59 Å². The number of carbonyl (C=O) groups is 2. The Hall–Kier alpha value is -3.38. The Labute approximate surface area is 186 Å². The maximum atomic E-state index is 13.1. The molecule has 1 aliphatic rings. The molecule has 3 aromatic rings. The number of rotatable bonds is 6. The molecule has 0 saturated carbocycles. The zero-order valence-electron chi connectivity index (χ0n) is 17.2. The van der Waals surface area contributed by atoms with Gasteiger partial charge in [0, 0.05) is 35.2 Å². The van der Waals surface area contributed by atoms with Gasteiger partial charge in [-0.05, 0) is 18.2 Å². The van der Waals surface area contributed by atoms with Crippen LogP contribution in [0, 0.1) is 0 Å². The van der Waals surface area contributed by atoms with Gasteiger partial charge in [0.1, 0.15) is 0 Å². The van der Waals surface area contributed by atoms with Crippen molar-refractivity contribution in [2.45, 2.75) is 17.5 Å². The standard InChI is InChI=1S/C25H23N3O2S/c1-28-21-15-9-8-14-20(21)23(18-10-4-2-5-11-18)27-24(25(28)30)26-22(29)16-17-31-19-12-6-3-7-13-19/h2-15,24H,16-17H2,1H3,(H,26,29). The number of anilines is 1. The smallest absolute Gasteiger partial charge is 0.272 e. The zero-order valence-corrected chi connectivity index (χ0v) is 18.0. The van der Waals surface area contributed by atoms with E-state index < -0.39 is 6.17 Å². The second kappa shape index (κ2) is 9.62. The van der Waals surface area contributed by atoms with E-state index in [0.29, 0.717) is 17.9 Å². The molecule has 0 saturated heterocycles. The van der Waals surface area contributed by atoms with E-state index in [4.69, 9.17) is 4.99 Å².